The van der Waals surface area contributed by atoms with E-state index >= 15 is 0 Å². The molecule has 4 atom stereocenters. The molecule has 2 bridgehead atoms. The second kappa shape index (κ2) is 6.66. The van der Waals surface area contributed by atoms with Crippen molar-refractivity contribution in [1.29, 1.82) is 0 Å². The van der Waals surface area contributed by atoms with Gasteiger partial charge < -0.3 is 5.32 Å². The lowest BCUT2D eigenvalue weighted by Crippen LogP contribution is -2.54. The van der Waals surface area contributed by atoms with Gasteiger partial charge in [-0.1, -0.05) is 37.5 Å². The van der Waals surface area contributed by atoms with E-state index in [1.807, 2.05) is 0 Å². The second-order valence-electron chi connectivity index (χ2n) is 8.62. The van der Waals surface area contributed by atoms with Gasteiger partial charge in [-0.3, -0.25) is 4.79 Å². The minimum Gasteiger partial charge on any atom is -0.352 e. The molecule has 0 spiro atoms. The first-order valence-corrected chi connectivity index (χ1v) is 11.5. The van der Waals surface area contributed by atoms with Gasteiger partial charge >= 0.3 is 0 Å². The van der Waals surface area contributed by atoms with Crippen molar-refractivity contribution in [1.82, 2.24) is 5.32 Å². The lowest BCUT2D eigenvalue weighted by molar-refractivity contribution is -0.124. The van der Waals surface area contributed by atoms with Crippen LogP contribution in [-0.2, 0) is 14.6 Å². The molecule has 1 amide bonds. The number of nitrogens with one attached hydrogen (secondary N) is 1. The number of rotatable bonds is 5. The smallest absolute Gasteiger partial charge is 0.242 e. The molecule has 0 radical (unpaired) electrons. The van der Waals surface area contributed by atoms with Crippen LogP contribution in [0.15, 0.2) is 35.2 Å². The third kappa shape index (κ3) is 2.79. The van der Waals surface area contributed by atoms with Crippen LogP contribution in [0.2, 0.25) is 0 Å². The Hall–Kier alpha value is -1.36. The predicted molar refractivity (Wildman–Crippen MR) is 101 cm³/mol. The van der Waals surface area contributed by atoms with Crippen LogP contribution in [0, 0.1) is 17.8 Å². The maximum absolute atomic E-state index is 13.4. The highest BCUT2D eigenvalue weighted by atomic mass is 32.2. The highest BCUT2D eigenvalue weighted by molar-refractivity contribution is 7.93. The van der Waals surface area contributed by atoms with Crippen LogP contribution < -0.4 is 5.32 Å². The lowest BCUT2D eigenvalue weighted by atomic mass is 9.83. The van der Waals surface area contributed by atoms with Gasteiger partial charge in [0.15, 0.2) is 14.6 Å². The van der Waals surface area contributed by atoms with Gasteiger partial charge in [-0.2, -0.15) is 0 Å². The molecule has 3 fully saturated rings. The molecule has 3 aliphatic rings. The Bertz CT molecular complexity index is 768. The first-order valence-electron chi connectivity index (χ1n) is 10.0. The molecule has 4 rings (SSSR count). The van der Waals surface area contributed by atoms with Crippen LogP contribution in [0.3, 0.4) is 0 Å². The van der Waals surface area contributed by atoms with E-state index in [1.54, 1.807) is 30.3 Å². The van der Waals surface area contributed by atoms with Gasteiger partial charge in [0.1, 0.15) is 0 Å². The minimum atomic E-state index is -3.69. The summed E-state index contributed by atoms with van der Waals surface area (Å²) < 4.78 is 25.4. The van der Waals surface area contributed by atoms with Crippen LogP contribution in [0.4, 0.5) is 0 Å². The van der Waals surface area contributed by atoms with Gasteiger partial charge in [0.2, 0.25) is 5.91 Å². The number of amides is 1. The fourth-order valence-corrected chi connectivity index (χ4v) is 7.84. The van der Waals surface area contributed by atoms with Gasteiger partial charge in [-0.15, -0.1) is 0 Å². The van der Waals surface area contributed by atoms with Crippen molar-refractivity contribution >= 4 is 15.7 Å². The van der Waals surface area contributed by atoms with E-state index in [-0.39, 0.29) is 16.8 Å². The minimum absolute atomic E-state index is 0.0567. The molecule has 0 saturated heterocycles. The van der Waals surface area contributed by atoms with E-state index < -0.39 is 14.6 Å². The van der Waals surface area contributed by atoms with Crippen molar-refractivity contribution in [3.63, 3.8) is 0 Å². The average molecular weight is 376 g/mol. The van der Waals surface area contributed by atoms with Gasteiger partial charge in [-0.05, 0) is 68.9 Å². The summed E-state index contributed by atoms with van der Waals surface area (Å²) in [6.45, 7) is 2.07. The SMILES string of the molecule is CC(NC(=O)C1(S(=O)(=O)c2ccccc2)CCCC1)C1CC2CCC1C2. The number of carbonyl (C=O) groups excluding carboxylic acids is 1. The van der Waals surface area contributed by atoms with Crippen molar-refractivity contribution in [2.45, 2.75) is 74.0 Å². The highest BCUT2D eigenvalue weighted by Crippen LogP contribution is 2.49. The summed E-state index contributed by atoms with van der Waals surface area (Å²) in [7, 11) is -3.69. The van der Waals surface area contributed by atoms with Gasteiger partial charge in [0.25, 0.3) is 0 Å². The average Bonchev–Trinajstić information content (AvgIpc) is 3.39. The van der Waals surface area contributed by atoms with Crippen LogP contribution in [0.5, 0.6) is 0 Å². The zero-order valence-corrected chi connectivity index (χ0v) is 16.3. The Morgan fingerprint density at radius 2 is 1.81 bits per heavy atom. The van der Waals surface area contributed by atoms with E-state index in [0.29, 0.717) is 24.7 Å². The Labute approximate surface area is 156 Å². The molecule has 0 heterocycles. The standard InChI is InChI=1S/C21H29NO3S/c1-15(19-14-16-9-10-17(19)13-16)22-20(23)21(11-5-6-12-21)26(24,25)18-7-3-2-4-8-18/h2-4,7-8,15-17,19H,5-6,9-14H2,1H3,(H,22,23). The molecule has 4 nitrogen and oxygen atoms in total. The van der Waals surface area contributed by atoms with Crippen molar-refractivity contribution in [2.75, 3.05) is 0 Å². The van der Waals surface area contributed by atoms with Gasteiger partial charge in [-0.25, -0.2) is 8.42 Å². The molecule has 1 aromatic carbocycles. The van der Waals surface area contributed by atoms with Crippen LogP contribution >= 0.6 is 0 Å². The summed E-state index contributed by atoms with van der Waals surface area (Å²) in [6, 6.07) is 8.54. The highest BCUT2D eigenvalue weighted by Gasteiger charge is 2.53. The molecule has 4 unspecified atom stereocenters. The summed E-state index contributed by atoms with van der Waals surface area (Å²) in [5.74, 6) is 1.77. The number of carbonyl (C=O) groups is 1. The number of hydrogen-bond donors (Lipinski definition) is 1. The molecule has 3 saturated carbocycles. The summed E-state index contributed by atoms with van der Waals surface area (Å²) in [4.78, 5) is 13.5. The third-order valence-corrected chi connectivity index (χ3v) is 9.70. The van der Waals surface area contributed by atoms with E-state index in [0.717, 1.165) is 18.8 Å². The summed E-state index contributed by atoms with van der Waals surface area (Å²) in [5, 5.41) is 3.15. The van der Waals surface area contributed by atoms with Crippen LogP contribution in [0.25, 0.3) is 0 Å². The van der Waals surface area contributed by atoms with Crippen molar-refractivity contribution in [2.24, 2.45) is 17.8 Å². The first-order chi connectivity index (χ1) is 12.4. The maximum Gasteiger partial charge on any atom is 0.242 e. The molecule has 26 heavy (non-hydrogen) atoms. The molecular formula is C21H29NO3S. The van der Waals surface area contributed by atoms with Gasteiger partial charge in [0.05, 0.1) is 4.90 Å². The molecular weight excluding hydrogens is 346 g/mol. The third-order valence-electron chi connectivity index (χ3n) is 7.19. The molecule has 1 N–H and O–H groups in total. The maximum atomic E-state index is 13.4. The molecule has 0 aromatic heterocycles. The van der Waals surface area contributed by atoms with E-state index in [9.17, 15) is 13.2 Å². The molecule has 0 aliphatic heterocycles. The zero-order valence-electron chi connectivity index (χ0n) is 15.5. The summed E-state index contributed by atoms with van der Waals surface area (Å²) in [6.07, 6.45) is 7.52. The Kier molecular flexibility index (Phi) is 4.62. The predicted octanol–water partition coefficient (Wildman–Crippen LogP) is 3.71. The lowest BCUT2D eigenvalue weighted by Gasteiger charge is -2.33. The number of sulfone groups is 1. The Morgan fingerprint density at radius 1 is 1.12 bits per heavy atom. The molecule has 5 heteroatoms. The molecule has 1 aromatic rings. The normalized spacial score (nSPS) is 31.0. The van der Waals surface area contributed by atoms with Gasteiger partial charge in [0, 0.05) is 6.04 Å². The fourth-order valence-electron chi connectivity index (χ4n) is 5.74. The second-order valence-corrected chi connectivity index (χ2v) is 10.9. The van der Waals surface area contributed by atoms with E-state index in [4.69, 9.17) is 0 Å². The summed E-state index contributed by atoms with van der Waals surface area (Å²) in [5.41, 5.74) is 0. The largest absolute Gasteiger partial charge is 0.352 e. The summed E-state index contributed by atoms with van der Waals surface area (Å²) >= 11 is 0. The number of hydrogen-bond acceptors (Lipinski definition) is 3. The quantitative estimate of drug-likeness (QED) is 0.853. The molecule has 142 valence electrons. The van der Waals surface area contributed by atoms with Crippen LogP contribution in [0.1, 0.15) is 58.3 Å². The van der Waals surface area contributed by atoms with Crippen molar-refractivity contribution in [3.8, 4) is 0 Å². The van der Waals surface area contributed by atoms with Crippen LogP contribution in [-0.4, -0.2) is 25.1 Å². The Morgan fingerprint density at radius 3 is 2.38 bits per heavy atom. The van der Waals surface area contributed by atoms with E-state index in [1.165, 1.54) is 25.7 Å². The fraction of sp³-hybridized carbons (Fsp3) is 0.667. The van der Waals surface area contributed by atoms with Crippen molar-refractivity contribution in [3.05, 3.63) is 30.3 Å². The first kappa shape index (κ1) is 18.0. The zero-order chi connectivity index (χ0) is 18.4. The topological polar surface area (TPSA) is 63.2 Å². The van der Waals surface area contributed by atoms with Crippen molar-refractivity contribution < 1.29 is 13.2 Å². The number of benzene rings is 1. The number of fused-ring (bicyclic) bond motifs is 2. The molecule has 3 aliphatic carbocycles. The monoisotopic (exact) mass is 375 g/mol. The Balaban J connectivity index is 1.57. The van der Waals surface area contributed by atoms with E-state index in [2.05, 4.69) is 12.2 Å².